The van der Waals surface area contributed by atoms with Crippen LogP contribution in [0.2, 0.25) is 5.02 Å². The lowest BCUT2D eigenvalue weighted by atomic mass is 9.92. The molecule has 0 spiro atoms. The van der Waals surface area contributed by atoms with Gasteiger partial charge in [-0.2, -0.15) is 0 Å². The van der Waals surface area contributed by atoms with Crippen LogP contribution < -0.4 is 0 Å². The summed E-state index contributed by atoms with van der Waals surface area (Å²) in [5, 5.41) is 0.714. The maximum atomic E-state index is 11.9. The van der Waals surface area contributed by atoms with Crippen LogP contribution in [0, 0.1) is 5.92 Å². The molecule has 1 aromatic carbocycles. The summed E-state index contributed by atoms with van der Waals surface area (Å²) in [5.41, 5.74) is 1.05. The van der Waals surface area contributed by atoms with Crippen LogP contribution >= 0.6 is 11.6 Å². The van der Waals surface area contributed by atoms with Crippen LogP contribution in [0.5, 0.6) is 0 Å². The molecule has 1 aliphatic rings. The van der Waals surface area contributed by atoms with E-state index in [1.54, 1.807) is 0 Å². The van der Waals surface area contributed by atoms with Gasteiger partial charge in [0, 0.05) is 31.1 Å². The van der Waals surface area contributed by atoms with E-state index in [9.17, 15) is 4.79 Å². The third kappa shape index (κ3) is 4.14. The third-order valence-electron chi connectivity index (χ3n) is 3.17. The van der Waals surface area contributed by atoms with Crippen molar-refractivity contribution in [1.29, 1.82) is 0 Å². The summed E-state index contributed by atoms with van der Waals surface area (Å²) >= 11 is 5.81. The summed E-state index contributed by atoms with van der Waals surface area (Å²) in [6.07, 6.45) is 3.25. The minimum atomic E-state index is 0.319. The first-order valence-corrected chi connectivity index (χ1v) is 6.46. The molecule has 0 amide bonds. The fourth-order valence-corrected chi connectivity index (χ4v) is 2.30. The highest BCUT2D eigenvalue weighted by Crippen LogP contribution is 2.20. The smallest absolute Gasteiger partial charge is 0.137 e. The monoisotopic (exact) mass is 252 g/mol. The molecule has 2 nitrogen and oxygen atoms in total. The Hall–Kier alpha value is -0.860. The molecule has 17 heavy (non-hydrogen) atoms. The van der Waals surface area contributed by atoms with Crippen molar-refractivity contribution in [3.8, 4) is 0 Å². The second-order valence-electron chi connectivity index (χ2n) is 4.60. The van der Waals surface area contributed by atoms with Crippen molar-refractivity contribution in [2.45, 2.75) is 25.7 Å². The lowest BCUT2D eigenvalue weighted by Crippen LogP contribution is -2.19. The third-order valence-corrected chi connectivity index (χ3v) is 3.42. The molecule has 0 aromatic heterocycles. The van der Waals surface area contributed by atoms with Crippen LogP contribution in [0.3, 0.4) is 0 Å². The van der Waals surface area contributed by atoms with Crippen molar-refractivity contribution >= 4 is 17.4 Å². The number of hydrogen-bond acceptors (Lipinski definition) is 2. The minimum Gasteiger partial charge on any atom is -0.381 e. The Balaban J connectivity index is 1.82. The predicted octanol–water partition coefficient (Wildman–Crippen LogP) is 3.27. The predicted molar refractivity (Wildman–Crippen MR) is 68.3 cm³/mol. The van der Waals surface area contributed by atoms with E-state index in [1.165, 1.54) is 0 Å². The summed E-state index contributed by atoms with van der Waals surface area (Å²) in [7, 11) is 0. The molecule has 1 aliphatic heterocycles. The molecule has 2 rings (SSSR count). The highest BCUT2D eigenvalue weighted by Gasteiger charge is 2.17. The molecule has 92 valence electrons. The van der Waals surface area contributed by atoms with Crippen LogP contribution in [0.15, 0.2) is 24.3 Å². The summed E-state index contributed by atoms with van der Waals surface area (Å²) < 4.78 is 5.29. The first kappa shape index (κ1) is 12.6. The summed E-state index contributed by atoms with van der Waals surface area (Å²) in [6.45, 7) is 1.61. The largest absolute Gasteiger partial charge is 0.381 e. The van der Waals surface area contributed by atoms with E-state index in [2.05, 4.69) is 0 Å². The van der Waals surface area contributed by atoms with E-state index in [1.807, 2.05) is 24.3 Å². The van der Waals surface area contributed by atoms with Gasteiger partial charge in [-0.25, -0.2) is 0 Å². The number of benzene rings is 1. The standard InChI is InChI=1S/C14H17ClO2/c15-13-3-1-11(2-4-13)9-14(16)10-12-5-7-17-8-6-12/h1-4,12H,5-10H2. The van der Waals surface area contributed by atoms with Crippen LogP contribution in [-0.4, -0.2) is 19.0 Å². The fraction of sp³-hybridized carbons (Fsp3) is 0.500. The summed E-state index contributed by atoms with van der Waals surface area (Å²) in [6, 6.07) is 7.51. The molecular weight excluding hydrogens is 236 g/mol. The molecule has 1 saturated heterocycles. The first-order chi connectivity index (χ1) is 8.24. The van der Waals surface area contributed by atoms with Gasteiger partial charge in [0.15, 0.2) is 0 Å². The number of carbonyl (C=O) groups excluding carboxylic acids is 1. The van der Waals surface area contributed by atoms with E-state index >= 15 is 0 Å². The summed E-state index contributed by atoms with van der Waals surface area (Å²) in [5.74, 6) is 0.836. The molecule has 0 radical (unpaired) electrons. The number of halogens is 1. The van der Waals surface area contributed by atoms with Crippen molar-refractivity contribution in [1.82, 2.24) is 0 Å². The van der Waals surface area contributed by atoms with Gasteiger partial charge in [0.1, 0.15) is 5.78 Å². The maximum Gasteiger partial charge on any atom is 0.137 e. The second kappa shape index (κ2) is 6.18. The van der Waals surface area contributed by atoms with Crippen molar-refractivity contribution in [2.24, 2.45) is 5.92 Å². The SMILES string of the molecule is O=C(Cc1ccc(Cl)cc1)CC1CCOCC1. The minimum absolute atomic E-state index is 0.319. The number of Topliss-reactive ketones (excluding diaryl/α,β-unsaturated/α-hetero) is 1. The van der Waals surface area contributed by atoms with Gasteiger partial charge in [0.05, 0.1) is 0 Å². The number of ketones is 1. The molecule has 3 heteroatoms. The molecule has 0 unspecified atom stereocenters. The van der Waals surface area contributed by atoms with Gasteiger partial charge in [-0.3, -0.25) is 4.79 Å². The zero-order valence-electron chi connectivity index (χ0n) is 9.82. The Bertz CT molecular complexity index is 366. The van der Waals surface area contributed by atoms with E-state index in [0.717, 1.165) is 31.6 Å². The molecule has 1 aromatic rings. The maximum absolute atomic E-state index is 11.9. The average molecular weight is 253 g/mol. The normalized spacial score (nSPS) is 17.0. The van der Waals surface area contributed by atoms with Gasteiger partial charge < -0.3 is 4.74 Å². The Kier molecular flexibility index (Phi) is 4.57. The lowest BCUT2D eigenvalue weighted by Gasteiger charge is -2.21. The van der Waals surface area contributed by atoms with Crippen LogP contribution in [0.4, 0.5) is 0 Å². The van der Waals surface area contributed by atoms with Gasteiger partial charge in [-0.1, -0.05) is 23.7 Å². The van der Waals surface area contributed by atoms with Gasteiger partial charge in [0.2, 0.25) is 0 Å². The summed E-state index contributed by atoms with van der Waals surface area (Å²) in [4.78, 5) is 11.9. The van der Waals surface area contributed by atoms with Crippen LogP contribution in [0.1, 0.15) is 24.8 Å². The Morgan fingerprint density at radius 1 is 1.24 bits per heavy atom. The number of rotatable bonds is 4. The Labute approximate surface area is 107 Å². The zero-order valence-corrected chi connectivity index (χ0v) is 10.6. The molecule has 0 saturated carbocycles. The van der Waals surface area contributed by atoms with Gasteiger partial charge in [-0.05, 0) is 36.5 Å². The molecule has 0 bridgehead atoms. The van der Waals surface area contributed by atoms with Crippen molar-refractivity contribution in [2.75, 3.05) is 13.2 Å². The van der Waals surface area contributed by atoms with E-state index in [4.69, 9.17) is 16.3 Å². The van der Waals surface area contributed by atoms with Crippen molar-refractivity contribution in [3.05, 3.63) is 34.9 Å². The number of hydrogen-bond donors (Lipinski definition) is 0. The quantitative estimate of drug-likeness (QED) is 0.822. The first-order valence-electron chi connectivity index (χ1n) is 6.08. The highest BCUT2D eigenvalue weighted by molar-refractivity contribution is 6.30. The van der Waals surface area contributed by atoms with Crippen molar-refractivity contribution in [3.63, 3.8) is 0 Å². The Morgan fingerprint density at radius 2 is 1.88 bits per heavy atom. The lowest BCUT2D eigenvalue weighted by molar-refractivity contribution is -0.120. The van der Waals surface area contributed by atoms with Crippen LogP contribution in [-0.2, 0) is 16.0 Å². The van der Waals surface area contributed by atoms with Gasteiger partial charge in [0.25, 0.3) is 0 Å². The molecule has 1 fully saturated rings. The second-order valence-corrected chi connectivity index (χ2v) is 5.04. The molecular formula is C14H17ClO2. The van der Waals surface area contributed by atoms with Gasteiger partial charge >= 0.3 is 0 Å². The van der Waals surface area contributed by atoms with E-state index in [-0.39, 0.29) is 0 Å². The average Bonchev–Trinajstić information content (AvgIpc) is 2.33. The number of carbonyl (C=O) groups is 1. The molecule has 1 heterocycles. The van der Waals surface area contributed by atoms with E-state index < -0.39 is 0 Å². The Morgan fingerprint density at radius 3 is 2.53 bits per heavy atom. The topological polar surface area (TPSA) is 26.3 Å². The fourth-order valence-electron chi connectivity index (χ4n) is 2.17. The number of ether oxygens (including phenoxy) is 1. The molecule has 0 aliphatic carbocycles. The van der Waals surface area contributed by atoms with Gasteiger partial charge in [-0.15, -0.1) is 0 Å². The van der Waals surface area contributed by atoms with Crippen molar-refractivity contribution < 1.29 is 9.53 Å². The molecule has 0 N–H and O–H groups in total. The van der Waals surface area contributed by atoms with E-state index in [0.29, 0.717) is 29.6 Å². The zero-order chi connectivity index (χ0) is 12.1. The highest BCUT2D eigenvalue weighted by atomic mass is 35.5. The molecule has 0 atom stereocenters. The van der Waals surface area contributed by atoms with Crippen LogP contribution in [0.25, 0.3) is 0 Å².